The fourth-order valence-corrected chi connectivity index (χ4v) is 3.90. The molecule has 5 nitrogen and oxygen atoms in total. The molecule has 0 radical (unpaired) electrons. The summed E-state index contributed by atoms with van der Waals surface area (Å²) in [6.45, 7) is 5.92. The SMILES string of the molecule is C[C@H](c1ccc(-c2ccc(-c3nnc(N)s3)cc2)cc1)N1CCOCC1. The first-order chi connectivity index (χ1) is 12.7. The van der Waals surface area contributed by atoms with Crippen molar-refractivity contribution in [1.29, 1.82) is 0 Å². The van der Waals surface area contributed by atoms with E-state index in [0.29, 0.717) is 11.2 Å². The average Bonchev–Trinajstić information content (AvgIpc) is 3.15. The smallest absolute Gasteiger partial charge is 0.203 e. The minimum atomic E-state index is 0.415. The molecule has 2 N–H and O–H groups in total. The lowest BCUT2D eigenvalue weighted by Crippen LogP contribution is -2.37. The van der Waals surface area contributed by atoms with Gasteiger partial charge in [0.1, 0.15) is 5.01 Å². The average molecular weight is 366 g/mol. The van der Waals surface area contributed by atoms with Crippen LogP contribution in [0.2, 0.25) is 0 Å². The third-order valence-corrected chi connectivity index (χ3v) is 5.69. The number of nitrogens with two attached hydrogens (primary N) is 1. The van der Waals surface area contributed by atoms with Crippen LogP contribution in [0.5, 0.6) is 0 Å². The summed E-state index contributed by atoms with van der Waals surface area (Å²) in [5.41, 5.74) is 10.5. The molecule has 1 aliphatic rings. The fraction of sp³-hybridized carbons (Fsp3) is 0.300. The zero-order valence-electron chi connectivity index (χ0n) is 14.8. The van der Waals surface area contributed by atoms with Gasteiger partial charge < -0.3 is 10.5 Å². The van der Waals surface area contributed by atoms with E-state index in [4.69, 9.17) is 10.5 Å². The number of ether oxygens (including phenoxy) is 1. The van der Waals surface area contributed by atoms with Gasteiger partial charge in [-0.15, -0.1) is 10.2 Å². The summed E-state index contributed by atoms with van der Waals surface area (Å²) in [5, 5.41) is 9.31. The highest BCUT2D eigenvalue weighted by atomic mass is 32.1. The van der Waals surface area contributed by atoms with Gasteiger partial charge in [-0.25, -0.2) is 0 Å². The summed E-state index contributed by atoms with van der Waals surface area (Å²) in [6, 6.07) is 17.6. The van der Waals surface area contributed by atoms with Crippen molar-refractivity contribution < 1.29 is 4.74 Å². The summed E-state index contributed by atoms with van der Waals surface area (Å²) in [6.07, 6.45) is 0. The predicted molar refractivity (Wildman–Crippen MR) is 106 cm³/mol. The molecule has 2 heterocycles. The molecule has 1 aliphatic heterocycles. The molecule has 0 bridgehead atoms. The Morgan fingerprint density at radius 1 is 0.923 bits per heavy atom. The Hall–Kier alpha value is -2.28. The standard InChI is InChI=1S/C20H22N4OS/c1-14(24-10-12-25-13-11-24)15-2-4-16(5-3-15)17-6-8-18(9-7-17)19-22-23-20(21)26-19/h2-9,14H,10-13H2,1H3,(H2,21,23)/t14-/m1/s1. The van der Waals surface area contributed by atoms with E-state index in [0.717, 1.165) is 36.9 Å². The molecule has 0 spiro atoms. The van der Waals surface area contributed by atoms with Gasteiger partial charge in [-0.05, 0) is 23.6 Å². The summed E-state index contributed by atoms with van der Waals surface area (Å²) in [7, 11) is 0. The largest absolute Gasteiger partial charge is 0.379 e. The van der Waals surface area contributed by atoms with Crippen LogP contribution in [0.15, 0.2) is 48.5 Å². The molecule has 2 aromatic carbocycles. The lowest BCUT2D eigenvalue weighted by Gasteiger charge is -2.32. The number of nitrogens with zero attached hydrogens (tertiary/aromatic N) is 3. The van der Waals surface area contributed by atoms with Gasteiger partial charge >= 0.3 is 0 Å². The van der Waals surface area contributed by atoms with Crippen molar-refractivity contribution in [2.24, 2.45) is 0 Å². The van der Waals surface area contributed by atoms with E-state index in [9.17, 15) is 0 Å². The Morgan fingerprint density at radius 3 is 2.08 bits per heavy atom. The van der Waals surface area contributed by atoms with Crippen LogP contribution in [-0.2, 0) is 4.74 Å². The number of hydrogen-bond donors (Lipinski definition) is 1. The lowest BCUT2D eigenvalue weighted by molar-refractivity contribution is 0.0198. The molecule has 0 amide bonds. The van der Waals surface area contributed by atoms with Crippen LogP contribution >= 0.6 is 11.3 Å². The van der Waals surface area contributed by atoms with Crippen LogP contribution in [0.1, 0.15) is 18.5 Å². The molecular weight excluding hydrogens is 344 g/mol. The van der Waals surface area contributed by atoms with Crippen LogP contribution in [-0.4, -0.2) is 41.4 Å². The topological polar surface area (TPSA) is 64.3 Å². The van der Waals surface area contributed by atoms with E-state index < -0.39 is 0 Å². The van der Waals surface area contributed by atoms with Crippen LogP contribution < -0.4 is 5.73 Å². The molecule has 1 atom stereocenters. The number of anilines is 1. The first-order valence-corrected chi connectivity index (χ1v) is 9.64. The maximum atomic E-state index is 5.66. The van der Waals surface area contributed by atoms with Gasteiger partial charge in [0.25, 0.3) is 0 Å². The second-order valence-electron chi connectivity index (χ2n) is 6.47. The van der Waals surface area contributed by atoms with Gasteiger partial charge in [-0.3, -0.25) is 4.90 Å². The third-order valence-electron chi connectivity index (χ3n) is 4.89. The Kier molecular flexibility index (Phi) is 4.97. The molecule has 0 aliphatic carbocycles. The molecule has 134 valence electrons. The molecule has 1 saturated heterocycles. The molecule has 26 heavy (non-hydrogen) atoms. The number of morpholine rings is 1. The normalized spacial score (nSPS) is 16.5. The van der Waals surface area contributed by atoms with Crippen LogP contribution in [0.4, 0.5) is 5.13 Å². The molecule has 1 fully saturated rings. The van der Waals surface area contributed by atoms with Gasteiger partial charge in [0, 0.05) is 24.7 Å². The van der Waals surface area contributed by atoms with Crippen LogP contribution in [0.3, 0.4) is 0 Å². The molecule has 3 aromatic rings. The highest BCUT2D eigenvalue weighted by Crippen LogP contribution is 2.29. The Balaban J connectivity index is 1.49. The second kappa shape index (κ2) is 7.53. The Labute approximate surface area is 157 Å². The fourth-order valence-electron chi connectivity index (χ4n) is 3.29. The maximum Gasteiger partial charge on any atom is 0.203 e. The summed E-state index contributed by atoms with van der Waals surface area (Å²) < 4.78 is 5.45. The third kappa shape index (κ3) is 3.62. The van der Waals surface area contributed by atoms with Crippen molar-refractivity contribution in [2.75, 3.05) is 32.0 Å². The number of hydrogen-bond acceptors (Lipinski definition) is 6. The highest BCUT2D eigenvalue weighted by Gasteiger charge is 2.18. The maximum absolute atomic E-state index is 5.66. The molecular formula is C20H22N4OS. The van der Waals surface area contributed by atoms with E-state index in [-0.39, 0.29) is 0 Å². The quantitative estimate of drug-likeness (QED) is 0.760. The lowest BCUT2D eigenvalue weighted by atomic mass is 10.00. The summed E-state index contributed by atoms with van der Waals surface area (Å²) in [4.78, 5) is 2.47. The van der Waals surface area contributed by atoms with E-state index in [1.807, 2.05) is 0 Å². The van der Waals surface area contributed by atoms with E-state index in [1.165, 1.54) is 28.0 Å². The number of benzene rings is 2. The predicted octanol–water partition coefficient (Wildman–Crippen LogP) is 3.85. The first kappa shape index (κ1) is 17.1. The second-order valence-corrected chi connectivity index (χ2v) is 7.48. The molecule has 0 unspecified atom stereocenters. The molecule has 6 heteroatoms. The summed E-state index contributed by atoms with van der Waals surface area (Å²) >= 11 is 1.40. The zero-order valence-corrected chi connectivity index (χ0v) is 15.6. The number of aromatic nitrogens is 2. The number of nitrogen functional groups attached to an aromatic ring is 1. The van der Waals surface area contributed by atoms with Crippen molar-refractivity contribution in [3.8, 4) is 21.7 Å². The van der Waals surface area contributed by atoms with Crippen LogP contribution in [0, 0.1) is 0 Å². The Morgan fingerprint density at radius 2 is 1.50 bits per heavy atom. The van der Waals surface area contributed by atoms with Gasteiger partial charge in [-0.2, -0.15) is 0 Å². The van der Waals surface area contributed by atoms with E-state index in [1.54, 1.807) is 0 Å². The monoisotopic (exact) mass is 366 g/mol. The minimum Gasteiger partial charge on any atom is -0.379 e. The Bertz CT molecular complexity index is 854. The molecule has 1 aromatic heterocycles. The van der Waals surface area contributed by atoms with E-state index >= 15 is 0 Å². The van der Waals surface area contributed by atoms with Crippen molar-refractivity contribution in [3.63, 3.8) is 0 Å². The van der Waals surface area contributed by atoms with Gasteiger partial charge in [-0.1, -0.05) is 59.9 Å². The number of rotatable bonds is 4. The van der Waals surface area contributed by atoms with Gasteiger partial charge in [0.2, 0.25) is 5.13 Å². The van der Waals surface area contributed by atoms with Gasteiger partial charge in [0.15, 0.2) is 0 Å². The molecule has 4 rings (SSSR count). The van der Waals surface area contributed by atoms with E-state index in [2.05, 4.69) is 70.6 Å². The first-order valence-electron chi connectivity index (χ1n) is 8.82. The van der Waals surface area contributed by atoms with Crippen molar-refractivity contribution >= 4 is 16.5 Å². The highest BCUT2D eigenvalue weighted by molar-refractivity contribution is 7.18. The molecule has 0 saturated carbocycles. The summed E-state index contributed by atoms with van der Waals surface area (Å²) in [5.74, 6) is 0. The van der Waals surface area contributed by atoms with Crippen molar-refractivity contribution in [2.45, 2.75) is 13.0 Å². The zero-order chi connectivity index (χ0) is 17.9. The van der Waals surface area contributed by atoms with Gasteiger partial charge in [0.05, 0.1) is 13.2 Å². The van der Waals surface area contributed by atoms with Crippen LogP contribution in [0.25, 0.3) is 21.7 Å². The van der Waals surface area contributed by atoms with Crippen molar-refractivity contribution in [3.05, 3.63) is 54.1 Å². The van der Waals surface area contributed by atoms with Crippen molar-refractivity contribution in [1.82, 2.24) is 15.1 Å². The minimum absolute atomic E-state index is 0.415.